The maximum atomic E-state index is 10.6. The monoisotopic (exact) mass is 316 g/mol. The highest BCUT2D eigenvalue weighted by atomic mass is 32.2. The second-order valence-corrected chi connectivity index (χ2v) is 5.42. The Morgan fingerprint density at radius 2 is 1.58 bits per heavy atom. The summed E-state index contributed by atoms with van der Waals surface area (Å²) in [4.78, 5) is 31.5. The van der Waals surface area contributed by atoms with Crippen molar-refractivity contribution in [2.45, 2.75) is 4.90 Å². The first-order valence-electron chi connectivity index (χ1n) is 4.14. The number of hydrogen-bond donors (Lipinski definition) is 6. The van der Waals surface area contributed by atoms with Crippen molar-refractivity contribution in [2.24, 2.45) is 0 Å². The molecule has 0 bridgehead atoms. The van der Waals surface area contributed by atoms with Crippen LogP contribution >= 0.6 is 7.82 Å². The van der Waals surface area contributed by atoms with Gasteiger partial charge in [-0.3, -0.25) is 4.55 Å². The molecule has 0 heterocycles. The average Bonchev–Trinajstić information content (AvgIpc) is 2.13. The Kier molecular flexibility index (Phi) is 5.62. The number of rotatable bonds is 2. The van der Waals surface area contributed by atoms with Gasteiger partial charge >= 0.3 is 13.8 Å². The Bertz CT molecular complexity index is 607. The van der Waals surface area contributed by atoms with E-state index in [0.29, 0.717) is 6.07 Å². The van der Waals surface area contributed by atoms with Crippen LogP contribution < -0.4 is 0 Å². The van der Waals surface area contributed by atoms with E-state index in [9.17, 15) is 13.2 Å². The molecule has 1 aromatic carbocycles. The molecule has 0 unspecified atom stereocenters. The lowest BCUT2D eigenvalue weighted by molar-refractivity contribution is 0.0693. The van der Waals surface area contributed by atoms with Gasteiger partial charge in [0.05, 0.1) is 4.90 Å². The number of carboxylic acids is 1. The summed E-state index contributed by atoms with van der Waals surface area (Å²) >= 11 is 0. The van der Waals surface area contributed by atoms with Crippen molar-refractivity contribution in [3.8, 4) is 5.75 Å². The zero-order valence-corrected chi connectivity index (χ0v) is 10.6. The molecule has 0 saturated heterocycles. The third-order valence-electron chi connectivity index (χ3n) is 1.50. The van der Waals surface area contributed by atoms with Gasteiger partial charge in [-0.25, -0.2) is 9.36 Å². The van der Waals surface area contributed by atoms with Crippen molar-refractivity contribution < 1.29 is 47.2 Å². The highest BCUT2D eigenvalue weighted by Crippen LogP contribution is 2.25. The van der Waals surface area contributed by atoms with Gasteiger partial charge in [0.1, 0.15) is 11.3 Å². The molecule has 0 amide bonds. The van der Waals surface area contributed by atoms with Gasteiger partial charge in [0.15, 0.2) is 0 Å². The van der Waals surface area contributed by atoms with Crippen molar-refractivity contribution in [1.29, 1.82) is 0 Å². The fourth-order valence-electron chi connectivity index (χ4n) is 0.847. The van der Waals surface area contributed by atoms with Crippen LogP contribution in [-0.2, 0) is 14.7 Å². The zero-order chi connectivity index (χ0) is 15.4. The number of phenols is 1. The molecule has 108 valence electrons. The lowest BCUT2D eigenvalue weighted by Gasteiger charge is -2.01. The van der Waals surface area contributed by atoms with E-state index >= 15 is 0 Å². The maximum Gasteiger partial charge on any atom is 0.466 e. The van der Waals surface area contributed by atoms with E-state index in [1.54, 1.807) is 0 Å². The van der Waals surface area contributed by atoms with Gasteiger partial charge in [-0.2, -0.15) is 8.42 Å². The van der Waals surface area contributed by atoms with Gasteiger partial charge in [-0.05, 0) is 18.2 Å². The van der Waals surface area contributed by atoms with Crippen LogP contribution in [0.4, 0.5) is 0 Å². The summed E-state index contributed by atoms with van der Waals surface area (Å²) in [6.45, 7) is 0. The van der Waals surface area contributed by atoms with Gasteiger partial charge in [-0.15, -0.1) is 0 Å². The van der Waals surface area contributed by atoms with Gasteiger partial charge in [0.25, 0.3) is 10.1 Å². The van der Waals surface area contributed by atoms with Gasteiger partial charge in [-0.1, -0.05) is 0 Å². The van der Waals surface area contributed by atoms with Crippen LogP contribution in [0.25, 0.3) is 0 Å². The third-order valence-corrected chi connectivity index (χ3v) is 2.35. The number of benzene rings is 1. The van der Waals surface area contributed by atoms with Crippen molar-refractivity contribution >= 4 is 23.9 Å². The molecule has 0 aromatic heterocycles. The number of aromatic hydroxyl groups is 1. The molecule has 1 aromatic rings. The Balaban J connectivity index is 0.000000555. The summed E-state index contributed by atoms with van der Waals surface area (Å²) in [6, 6.07) is 2.46. The summed E-state index contributed by atoms with van der Waals surface area (Å²) in [6.07, 6.45) is 0. The summed E-state index contributed by atoms with van der Waals surface area (Å²) in [7, 11) is -9.09. The van der Waals surface area contributed by atoms with Crippen LogP contribution in [0, 0.1) is 0 Å². The Labute approximate surface area is 106 Å². The summed E-state index contributed by atoms with van der Waals surface area (Å²) in [5.74, 6) is -2.04. The molecule has 6 N–H and O–H groups in total. The van der Waals surface area contributed by atoms with Crippen molar-refractivity contribution in [1.82, 2.24) is 0 Å². The van der Waals surface area contributed by atoms with Crippen molar-refractivity contribution in [3.63, 3.8) is 0 Å². The second-order valence-electron chi connectivity index (χ2n) is 2.97. The molecule has 0 spiro atoms. The van der Waals surface area contributed by atoms with E-state index in [0.717, 1.165) is 12.1 Å². The fraction of sp³-hybridized carbons (Fsp3) is 0. The highest BCUT2D eigenvalue weighted by Gasteiger charge is 2.16. The minimum absolute atomic E-state index is 0.565. The zero-order valence-electron chi connectivity index (χ0n) is 8.90. The van der Waals surface area contributed by atoms with E-state index in [1.807, 2.05) is 0 Å². The summed E-state index contributed by atoms with van der Waals surface area (Å²) in [5.41, 5.74) is -0.583. The Morgan fingerprint density at radius 1 is 1.16 bits per heavy atom. The molecular formula is C7H9O10PS. The molecule has 1 rings (SSSR count). The topological polar surface area (TPSA) is 190 Å². The predicted octanol–water partition coefficient (Wildman–Crippen LogP) is -0.592. The van der Waals surface area contributed by atoms with E-state index in [2.05, 4.69) is 0 Å². The van der Waals surface area contributed by atoms with Crippen LogP contribution in [-0.4, -0.2) is 43.8 Å². The first kappa shape index (κ1) is 17.5. The first-order valence-corrected chi connectivity index (χ1v) is 7.15. The van der Waals surface area contributed by atoms with Crippen LogP contribution in [0.1, 0.15) is 10.4 Å². The number of carboxylic acid groups (broad SMARTS) is 1. The smallest absolute Gasteiger partial charge is 0.466 e. The minimum Gasteiger partial charge on any atom is -0.507 e. The lowest BCUT2D eigenvalue weighted by atomic mass is 10.2. The molecular weight excluding hydrogens is 307 g/mol. The molecule has 0 radical (unpaired) electrons. The molecule has 10 nitrogen and oxygen atoms in total. The molecule has 0 aliphatic rings. The van der Waals surface area contributed by atoms with Crippen LogP contribution in [0.3, 0.4) is 0 Å². The lowest BCUT2D eigenvalue weighted by Crippen LogP contribution is -2.02. The highest BCUT2D eigenvalue weighted by molar-refractivity contribution is 7.85. The van der Waals surface area contributed by atoms with E-state index in [4.69, 9.17) is 34.0 Å². The second kappa shape index (κ2) is 6.10. The van der Waals surface area contributed by atoms with Crippen LogP contribution in [0.2, 0.25) is 0 Å². The van der Waals surface area contributed by atoms with Crippen LogP contribution in [0.5, 0.6) is 5.75 Å². The molecule has 0 aliphatic carbocycles. The van der Waals surface area contributed by atoms with Gasteiger partial charge in [0, 0.05) is 0 Å². The molecule has 0 atom stereocenters. The van der Waals surface area contributed by atoms with Crippen molar-refractivity contribution in [2.75, 3.05) is 0 Å². The summed E-state index contributed by atoms with van der Waals surface area (Å²) in [5, 5.41) is 17.5. The number of phosphoric acid groups is 1. The number of hydrogen-bond acceptors (Lipinski definition) is 5. The molecule has 0 aliphatic heterocycles. The quantitative estimate of drug-likeness (QED) is 0.303. The van der Waals surface area contributed by atoms with E-state index in [1.165, 1.54) is 0 Å². The van der Waals surface area contributed by atoms with Gasteiger partial charge < -0.3 is 24.9 Å². The number of aromatic carboxylic acids is 1. The molecule has 12 heteroatoms. The van der Waals surface area contributed by atoms with Gasteiger partial charge in [0.2, 0.25) is 0 Å². The first-order chi connectivity index (χ1) is 8.32. The van der Waals surface area contributed by atoms with E-state index < -0.39 is 40.1 Å². The Hall–Kier alpha value is -1.49. The van der Waals surface area contributed by atoms with Crippen LogP contribution in [0.15, 0.2) is 23.1 Å². The minimum atomic E-state index is -4.64. The molecule has 0 fully saturated rings. The largest absolute Gasteiger partial charge is 0.507 e. The maximum absolute atomic E-state index is 10.6. The summed E-state index contributed by atoms with van der Waals surface area (Å²) < 4.78 is 38.7. The van der Waals surface area contributed by atoms with Crippen molar-refractivity contribution in [3.05, 3.63) is 23.8 Å². The van der Waals surface area contributed by atoms with E-state index in [-0.39, 0.29) is 0 Å². The Morgan fingerprint density at radius 3 is 1.89 bits per heavy atom. The normalized spacial score (nSPS) is 11.4. The predicted molar refractivity (Wildman–Crippen MR) is 59.1 cm³/mol. The fourth-order valence-corrected chi connectivity index (χ4v) is 1.35. The average molecular weight is 316 g/mol. The number of carbonyl (C=O) groups is 1. The third kappa shape index (κ3) is 7.51. The SMILES string of the molecule is O=C(O)c1cc(S(=O)(=O)O)ccc1O.O=P(O)(O)O. The molecule has 19 heavy (non-hydrogen) atoms. The standard InChI is InChI=1S/C7H6O6S.H3O4P/c8-6-2-1-4(14(11,12)13)3-5(6)7(9)10;1-5(2,3)4/h1-3,8H,(H,9,10)(H,11,12,13);(H3,1,2,3,4). The molecule has 0 saturated carbocycles.